The number of nitrogens with zero attached hydrogens (tertiary/aromatic N) is 1. The number of imide groups is 1. The lowest BCUT2D eigenvalue weighted by molar-refractivity contribution is -0.137. The number of halogens is 4. The van der Waals surface area contributed by atoms with Crippen molar-refractivity contribution in [3.63, 3.8) is 0 Å². The van der Waals surface area contributed by atoms with Gasteiger partial charge >= 0.3 is 6.18 Å². The number of hydrogen-bond donors (Lipinski definition) is 1. The fourth-order valence-corrected chi connectivity index (χ4v) is 5.85. The Kier molecular flexibility index (Phi) is 8.97. The van der Waals surface area contributed by atoms with E-state index >= 15 is 0 Å². The number of methoxy groups -OCH3 is 1. The molecule has 0 bridgehead atoms. The maximum atomic E-state index is 13.1. The molecule has 220 valence electrons. The van der Waals surface area contributed by atoms with Gasteiger partial charge < -0.3 is 14.8 Å². The first kappa shape index (κ1) is 30.4. The van der Waals surface area contributed by atoms with Gasteiger partial charge in [0.2, 0.25) is 5.91 Å². The van der Waals surface area contributed by atoms with Crippen molar-refractivity contribution in [2.45, 2.75) is 12.8 Å². The molecule has 4 aromatic carbocycles. The van der Waals surface area contributed by atoms with Crippen LogP contribution in [0.25, 0.3) is 16.8 Å². The summed E-state index contributed by atoms with van der Waals surface area (Å²) >= 11 is 2.79. The molecule has 43 heavy (non-hydrogen) atoms. The predicted octanol–water partition coefficient (Wildman–Crippen LogP) is 7.73. The standard InChI is InChI=1S/C31H22F3IN2O5S/c1-41-26-11-9-22(31(32,33)34)15-24(26)36-28(38)16-37-29(39)27(43-30(37)40)14-18-7-10-25(23(35)13-18)42-17-19-6-8-20-4-2-3-5-21(20)12-19/h2-15H,16-17H2,1H3,(H,36,38)/b27-14-. The third-order valence-electron chi connectivity index (χ3n) is 6.44. The summed E-state index contributed by atoms with van der Waals surface area (Å²) in [5, 5.41) is 3.89. The summed E-state index contributed by atoms with van der Waals surface area (Å²) in [7, 11) is 1.24. The summed E-state index contributed by atoms with van der Waals surface area (Å²) in [5.74, 6) is -0.896. The monoisotopic (exact) mass is 718 g/mol. The number of thioether (sulfide) groups is 1. The van der Waals surface area contributed by atoms with Crippen LogP contribution in [-0.2, 0) is 22.4 Å². The van der Waals surface area contributed by atoms with Crippen LogP contribution in [0.2, 0.25) is 0 Å². The number of alkyl halides is 3. The minimum atomic E-state index is -4.64. The Labute approximate surface area is 262 Å². The molecule has 1 aliphatic rings. The number of hydrogen-bond acceptors (Lipinski definition) is 6. The van der Waals surface area contributed by atoms with E-state index in [1.165, 1.54) is 13.2 Å². The third kappa shape index (κ3) is 7.13. The van der Waals surface area contributed by atoms with Gasteiger partial charge in [-0.05, 0) is 98.7 Å². The first-order chi connectivity index (χ1) is 20.5. The zero-order chi connectivity index (χ0) is 30.7. The predicted molar refractivity (Wildman–Crippen MR) is 167 cm³/mol. The van der Waals surface area contributed by atoms with Crippen molar-refractivity contribution in [3.8, 4) is 11.5 Å². The molecule has 1 aliphatic heterocycles. The molecular weight excluding hydrogens is 696 g/mol. The fourth-order valence-electron chi connectivity index (χ4n) is 4.32. The van der Waals surface area contributed by atoms with Crippen LogP contribution < -0.4 is 14.8 Å². The van der Waals surface area contributed by atoms with E-state index in [1.54, 1.807) is 18.2 Å². The molecule has 3 amide bonds. The molecule has 0 aliphatic carbocycles. The Morgan fingerprint density at radius 1 is 0.977 bits per heavy atom. The highest BCUT2D eigenvalue weighted by Crippen LogP contribution is 2.36. The molecule has 5 rings (SSSR count). The number of amides is 3. The van der Waals surface area contributed by atoms with E-state index in [9.17, 15) is 27.6 Å². The zero-order valence-corrected chi connectivity index (χ0v) is 25.4. The molecule has 0 unspecified atom stereocenters. The van der Waals surface area contributed by atoms with Gasteiger partial charge in [0, 0.05) is 0 Å². The lowest BCUT2D eigenvalue weighted by Gasteiger charge is -2.16. The van der Waals surface area contributed by atoms with Gasteiger partial charge in [-0.2, -0.15) is 13.2 Å². The zero-order valence-electron chi connectivity index (χ0n) is 22.4. The van der Waals surface area contributed by atoms with Crippen LogP contribution in [0.15, 0.2) is 83.8 Å². The molecule has 0 aromatic heterocycles. The number of carbonyl (C=O) groups excluding carboxylic acids is 3. The maximum absolute atomic E-state index is 13.1. The number of carbonyl (C=O) groups is 3. The summed E-state index contributed by atoms with van der Waals surface area (Å²) in [6.07, 6.45) is -3.10. The Morgan fingerprint density at radius 3 is 2.44 bits per heavy atom. The summed E-state index contributed by atoms with van der Waals surface area (Å²) in [6.45, 7) is -0.312. The molecule has 12 heteroatoms. The number of anilines is 1. The van der Waals surface area contributed by atoms with Gasteiger partial charge in [0.1, 0.15) is 24.7 Å². The summed E-state index contributed by atoms with van der Waals surface area (Å²) in [5.41, 5.74) is 0.439. The molecule has 4 aromatic rings. The van der Waals surface area contributed by atoms with E-state index in [0.29, 0.717) is 29.7 Å². The van der Waals surface area contributed by atoms with E-state index in [4.69, 9.17) is 9.47 Å². The van der Waals surface area contributed by atoms with Crippen LogP contribution in [0.3, 0.4) is 0 Å². The van der Waals surface area contributed by atoms with Crippen molar-refractivity contribution in [2.24, 2.45) is 0 Å². The minimum Gasteiger partial charge on any atom is -0.495 e. The average Bonchev–Trinajstić information content (AvgIpc) is 3.23. The second kappa shape index (κ2) is 12.7. The Bertz CT molecular complexity index is 1780. The molecule has 0 atom stereocenters. The van der Waals surface area contributed by atoms with E-state index in [0.717, 1.165) is 43.0 Å². The normalized spacial score (nSPS) is 14.4. The number of benzene rings is 4. The van der Waals surface area contributed by atoms with E-state index < -0.39 is 35.3 Å². The quantitative estimate of drug-likeness (QED) is 0.148. The second-order valence-corrected chi connectivity index (χ2v) is 11.5. The van der Waals surface area contributed by atoms with Crippen molar-refractivity contribution >= 4 is 73.9 Å². The summed E-state index contributed by atoms with van der Waals surface area (Å²) < 4.78 is 51.2. The Morgan fingerprint density at radius 2 is 1.72 bits per heavy atom. The minimum absolute atomic E-state index is 0.00493. The molecule has 1 heterocycles. The number of nitrogens with one attached hydrogen (secondary N) is 1. The molecule has 1 fully saturated rings. The van der Waals surface area contributed by atoms with E-state index in [-0.39, 0.29) is 16.3 Å². The molecule has 1 N–H and O–H groups in total. The number of ether oxygens (including phenoxy) is 2. The molecule has 0 saturated carbocycles. The summed E-state index contributed by atoms with van der Waals surface area (Å²) in [4.78, 5) is 39.0. The van der Waals surface area contributed by atoms with Gasteiger partial charge in [-0.25, -0.2) is 0 Å². The lowest BCUT2D eigenvalue weighted by atomic mass is 10.1. The highest BCUT2D eigenvalue weighted by Gasteiger charge is 2.37. The van der Waals surface area contributed by atoms with Crippen LogP contribution >= 0.6 is 34.4 Å². The molecule has 0 spiro atoms. The SMILES string of the molecule is COc1ccc(C(F)(F)F)cc1NC(=O)CN1C(=O)S/C(=C\c2ccc(OCc3ccc4ccccc4c3)c(I)c2)C1=O. The van der Waals surface area contributed by atoms with Crippen LogP contribution in [0.4, 0.5) is 23.7 Å². The van der Waals surface area contributed by atoms with Crippen LogP contribution in [-0.4, -0.2) is 35.6 Å². The van der Waals surface area contributed by atoms with Crippen LogP contribution in [0.1, 0.15) is 16.7 Å². The highest BCUT2D eigenvalue weighted by molar-refractivity contribution is 14.1. The largest absolute Gasteiger partial charge is 0.495 e. The van der Waals surface area contributed by atoms with Gasteiger partial charge in [-0.3, -0.25) is 19.3 Å². The van der Waals surface area contributed by atoms with Gasteiger partial charge in [0.25, 0.3) is 11.1 Å². The molecule has 1 saturated heterocycles. The smallest absolute Gasteiger partial charge is 0.416 e. The molecular formula is C31H22F3IN2O5S. The lowest BCUT2D eigenvalue weighted by Crippen LogP contribution is -2.36. The average molecular weight is 718 g/mol. The van der Waals surface area contributed by atoms with Crippen LogP contribution in [0.5, 0.6) is 11.5 Å². The first-order valence-corrected chi connectivity index (χ1v) is 14.6. The van der Waals surface area contributed by atoms with Crippen molar-refractivity contribution in [1.82, 2.24) is 4.90 Å². The first-order valence-electron chi connectivity index (χ1n) is 12.7. The van der Waals surface area contributed by atoms with Gasteiger partial charge in [-0.1, -0.05) is 42.5 Å². The molecule has 0 radical (unpaired) electrons. The summed E-state index contributed by atoms with van der Waals surface area (Å²) in [6, 6.07) is 22.1. The molecule has 7 nitrogen and oxygen atoms in total. The Balaban J connectivity index is 1.23. The number of rotatable bonds is 8. The highest BCUT2D eigenvalue weighted by atomic mass is 127. The van der Waals surface area contributed by atoms with E-state index in [1.807, 2.05) is 36.4 Å². The van der Waals surface area contributed by atoms with Crippen molar-refractivity contribution in [2.75, 3.05) is 19.0 Å². The van der Waals surface area contributed by atoms with Crippen molar-refractivity contribution in [1.29, 1.82) is 0 Å². The topological polar surface area (TPSA) is 84.9 Å². The van der Waals surface area contributed by atoms with Gasteiger partial charge in [0.15, 0.2) is 0 Å². The third-order valence-corrected chi connectivity index (χ3v) is 8.19. The number of fused-ring (bicyclic) bond motifs is 1. The van der Waals surface area contributed by atoms with Crippen molar-refractivity contribution in [3.05, 3.63) is 104 Å². The maximum Gasteiger partial charge on any atom is 0.416 e. The second-order valence-electron chi connectivity index (χ2n) is 9.39. The van der Waals surface area contributed by atoms with Crippen LogP contribution in [0, 0.1) is 3.57 Å². The fraction of sp³-hybridized carbons (Fsp3) is 0.129. The van der Waals surface area contributed by atoms with E-state index in [2.05, 4.69) is 34.0 Å². The Hall–Kier alpha value is -4.04. The van der Waals surface area contributed by atoms with Gasteiger partial charge in [0.05, 0.1) is 26.8 Å². The van der Waals surface area contributed by atoms with Gasteiger partial charge in [-0.15, -0.1) is 0 Å². The van der Waals surface area contributed by atoms with Crippen molar-refractivity contribution < 1.29 is 37.0 Å².